The van der Waals surface area contributed by atoms with E-state index in [-0.39, 0.29) is 17.5 Å². The predicted octanol–water partition coefficient (Wildman–Crippen LogP) is 3.04. The molecule has 0 heterocycles. The number of ether oxygens (including phenoxy) is 1. The Kier molecular flexibility index (Phi) is 4.86. The number of carbonyl (C=O) groups is 1. The van der Waals surface area contributed by atoms with Crippen LogP contribution >= 0.6 is 11.6 Å². The van der Waals surface area contributed by atoms with Gasteiger partial charge in [-0.15, -0.1) is 0 Å². The van der Waals surface area contributed by atoms with Gasteiger partial charge in [0.2, 0.25) is 0 Å². The molecule has 1 N–H and O–H groups in total. The average molecular weight is 293 g/mol. The molecule has 20 heavy (non-hydrogen) atoms. The Bertz CT molecular complexity index is 533. The molecule has 0 saturated heterocycles. The molecule has 1 aliphatic carbocycles. The van der Waals surface area contributed by atoms with Crippen molar-refractivity contribution in [3.8, 4) is 11.8 Å². The van der Waals surface area contributed by atoms with Crippen LogP contribution in [0.2, 0.25) is 5.02 Å². The standard InChI is InChI=1S/C15H17ClN2O2/c1-10(15(19)18-11-5-2-3-6-11)20-14-8-4-7-13(16)12(14)9-17/h4,7-8,10-11H,2-3,5-6H2,1H3,(H,18,19). The van der Waals surface area contributed by atoms with Gasteiger partial charge in [-0.2, -0.15) is 5.26 Å². The van der Waals surface area contributed by atoms with Crippen molar-refractivity contribution in [2.75, 3.05) is 0 Å². The fourth-order valence-corrected chi connectivity index (χ4v) is 2.55. The molecule has 1 aromatic rings. The molecule has 106 valence electrons. The number of rotatable bonds is 4. The highest BCUT2D eigenvalue weighted by Crippen LogP contribution is 2.26. The lowest BCUT2D eigenvalue weighted by atomic mass is 10.2. The summed E-state index contributed by atoms with van der Waals surface area (Å²) in [6.45, 7) is 1.67. The van der Waals surface area contributed by atoms with Crippen molar-refractivity contribution < 1.29 is 9.53 Å². The van der Waals surface area contributed by atoms with Crippen LogP contribution in [-0.4, -0.2) is 18.1 Å². The van der Waals surface area contributed by atoms with Gasteiger partial charge in [0.25, 0.3) is 5.91 Å². The first-order valence-electron chi connectivity index (χ1n) is 6.77. The highest BCUT2D eigenvalue weighted by molar-refractivity contribution is 6.31. The molecule has 4 nitrogen and oxygen atoms in total. The molecular formula is C15H17ClN2O2. The fraction of sp³-hybridized carbons (Fsp3) is 0.467. The van der Waals surface area contributed by atoms with Crippen molar-refractivity contribution in [2.24, 2.45) is 0 Å². The summed E-state index contributed by atoms with van der Waals surface area (Å²) >= 11 is 5.93. The third-order valence-electron chi connectivity index (χ3n) is 3.46. The monoisotopic (exact) mass is 292 g/mol. The minimum atomic E-state index is -0.652. The van der Waals surface area contributed by atoms with Crippen LogP contribution in [0.3, 0.4) is 0 Å². The molecule has 1 saturated carbocycles. The minimum absolute atomic E-state index is 0.152. The molecule has 1 fully saturated rings. The van der Waals surface area contributed by atoms with E-state index in [2.05, 4.69) is 5.32 Å². The molecule has 1 unspecified atom stereocenters. The Morgan fingerprint density at radius 2 is 2.20 bits per heavy atom. The summed E-state index contributed by atoms with van der Waals surface area (Å²) in [6.07, 6.45) is 3.72. The number of benzene rings is 1. The lowest BCUT2D eigenvalue weighted by Crippen LogP contribution is -2.41. The van der Waals surface area contributed by atoms with E-state index in [4.69, 9.17) is 21.6 Å². The van der Waals surface area contributed by atoms with E-state index in [9.17, 15) is 4.79 Å². The van der Waals surface area contributed by atoms with E-state index in [0.29, 0.717) is 10.8 Å². The van der Waals surface area contributed by atoms with E-state index in [1.54, 1.807) is 25.1 Å². The zero-order valence-corrected chi connectivity index (χ0v) is 12.1. The molecule has 0 aliphatic heterocycles. The van der Waals surface area contributed by atoms with Gasteiger partial charge in [-0.1, -0.05) is 30.5 Å². The van der Waals surface area contributed by atoms with Crippen LogP contribution in [0.4, 0.5) is 0 Å². The molecule has 0 radical (unpaired) electrons. The van der Waals surface area contributed by atoms with Crippen molar-refractivity contribution in [3.63, 3.8) is 0 Å². The van der Waals surface area contributed by atoms with E-state index in [0.717, 1.165) is 25.7 Å². The molecule has 0 spiro atoms. The lowest BCUT2D eigenvalue weighted by molar-refractivity contribution is -0.127. The quantitative estimate of drug-likeness (QED) is 0.928. The van der Waals surface area contributed by atoms with Gasteiger partial charge in [-0.05, 0) is 31.9 Å². The topological polar surface area (TPSA) is 62.1 Å². The molecule has 1 amide bonds. The molecule has 2 rings (SSSR count). The van der Waals surface area contributed by atoms with Crippen molar-refractivity contribution in [1.82, 2.24) is 5.32 Å². The minimum Gasteiger partial charge on any atom is -0.479 e. The molecule has 1 atom stereocenters. The number of hydrogen-bond acceptors (Lipinski definition) is 3. The van der Waals surface area contributed by atoms with Crippen molar-refractivity contribution >= 4 is 17.5 Å². The Balaban J connectivity index is 2.00. The Hall–Kier alpha value is -1.73. The second kappa shape index (κ2) is 6.62. The number of hydrogen-bond donors (Lipinski definition) is 1. The molecule has 0 aromatic heterocycles. The summed E-state index contributed by atoms with van der Waals surface area (Å²) in [7, 11) is 0. The highest BCUT2D eigenvalue weighted by atomic mass is 35.5. The SMILES string of the molecule is CC(Oc1cccc(Cl)c1C#N)C(=O)NC1CCCC1. The third-order valence-corrected chi connectivity index (χ3v) is 3.78. The maximum absolute atomic E-state index is 12.0. The molecule has 1 aromatic carbocycles. The maximum Gasteiger partial charge on any atom is 0.260 e. The van der Waals surface area contributed by atoms with Gasteiger partial charge >= 0.3 is 0 Å². The first kappa shape index (κ1) is 14.7. The summed E-state index contributed by atoms with van der Waals surface area (Å²) < 4.78 is 5.57. The molecule has 1 aliphatic rings. The molecule has 0 bridgehead atoms. The van der Waals surface area contributed by atoms with Crippen LogP contribution in [0.1, 0.15) is 38.2 Å². The van der Waals surface area contributed by atoms with E-state index in [1.807, 2.05) is 6.07 Å². The van der Waals surface area contributed by atoms with Crippen LogP contribution in [0.15, 0.2) is 18.2 Å². The summed E-state index contributed by atoms with van der Waals surface area (Å²) in [5, 5.41) is 12.4. The van der Waals surface area contributed by atoms with Gasteiger partial charge in [0.1, 0.15) is 17.4 Å². The Morgan fingerprint density at radius 1 is 1.50 bits per heavy atom. The second-order valence-electron chi connectivity index (χ2n) is 4.97. The van der Waals surface area contributed by atoms with E-state index in [1.165, 1.54) is 0 Å². The van der Waals surface area contributed by atoms with Crippen molar-refractivity contribution in [3.05, 3.63) is 28.8 Å². The van der Waals surface area contributed by atoms with Crippen LogP contribution in [0, 0.1) is 11.3 Å². The number of nitrogens with zero attached hydrogens (tertiary/aromatic N) is 1. The summed E-state index contributed by atoms with van der Waals surface area (Å²) in [5.41, 5.74) is 0.259. The number of nitrogens with one attached hydrogen (secondary N) is 1. The number of nitriles is 1. The average Bonchev–Trinajstić information content (AvgIpc) is 2.91. The van der Waals surface area contributed by atoms with Crippen LogP contribution < -0.4 is 10.1 Å². The van der Waals surface area contributed by atoms with Gasteiger partial charge in [0.05, 0.1) is 5.02 Å². The Morgan fingerprint density at radius 3 is 2.85 bits per heavy atom. The Labute approximate surface area is 123 Å². The summed E-state index contributed by atoms with van der Waals surface area (Å²) in [6, 6.07) is 7.20. The number of amides is 1. The largest absolute Gasteiger partial charge is 0.479 e. The number of halogens is 1. The zero-order chi connectivity index (χ0) is 14.5. The van der Waals surface area contributed by atoms with Gasteiger partial charge in [0.15, 0.2) is 6.10 Å². The first-order valence-corrected chi connectivity index (χ1v) is 7.15. The fourth-order valence-electron chi connectivity index (χ4n) is 2.34. The second-order valence-corrected chi connectivity index (χ2v) is 5.38. The lowest BCUT2D eigenvalue weighted by Gasteiger charge is -2.18. The third kappa shape index (κ3) is 3.43. The van der Waals surface area contributed by atoms with Crippen LogP contribution in [-0.2, 0) is 4.79 Å². The zero-order valence-electron chi connectivity index (χ0n) is 11.4. The number of carbonyl (C=O) groups excluding carboxylic acids is 1. The van der Waals surface area contributed by atoms with Crippen LogP contribution in [0.25, 0.3) is 0 Å². The van der Waals surface area contributed by atoms with E-state index < -0.39 is 6.10 Å². The van der Waals surface area contributed by atoms with Crippen molar-refractivity contribution in [1.29, 1.82) is 5.26 Å². The highest BCUT2D eigenvalue weighted by Gasteiger charge is 2.22. The van der Waals surface area contributed by atoms with Gasteiger partial charge in [0, 0.05) is 6.04 Å². The maximum atomic E-state index is 12.0. The van der Waals surface area contributed by atoms with E-state index >= 15 is 0 Å². The van der Waals surface area contributed by atoms with Gasteiger partial charge in [-0.3, -0.25) is 4.79 Å². The molecule has 5 heteroatoms. The van der Waals surface area contributed by atoms with Crippen molar-refractivity contribution in [2.45, 2.75) is 44.8 Å². The van der Waals surface area contributed by atoms with Gasteiger partial charge < -0.3 is 10.1 Å². The first-order chi connectivity index (χ1) is 9.61. The van der Waals surface area contributed by atoms with Gasteiger partial charge in [-0.25, -0.2) is 0 Å². The molecular weight excluding hydrogens is 276 g/mol. The summed E-state index contributed by atoms with van der Waals surface area (Å²) in [5.74, 6) is 0.190. The summed E-state index contributed by atoms with van der Waals surface area (Å²) in [4.78, 5) is 12.0. The predicted molar refractivity (Wildman–Crippen MR) is 76.7 cm³/mol. The van der Waals surface area contributed by atoms with Crippen LogP contribution in [0.5, 0.6) is 5.75 Å². The smallest absolute Gasteiger partial charge is 0.260 e. The normalized spacial score (nSPS) is 16.4.